The van der Waals surface area contributed by atoms with Gasteiger partial charge in [0, 0.05) is 43.8 Å². The summed E-state index contributed by atoms with van der Waals surface area (Å²) in [6.45, 7) is 12.2. The fraction of sp³-hybridized carbons (Fsp3) is 0.429. The molecule has 1 saturated heterocycles. The Bertz CT molecular complexity index is 1190. The van der Waals surface area contributed by atoms with Crippen molar-refractivity contribution in [3.8, 4) is 11.5 Å². The molecule has 0 saturated carbocycles. The third-order valence-electron chi connectivity index (χ3n) is 6.39. The van der Waals surface area contributed by atoms with Crippen LogP contribution >= 0.6 is 12.2 Å². The van der Waals surface area contributed by atoms with Crippen LogP contribution in [0.5, 0.6) is 11.5 Å². The van der Waals surface area contributed by atoms with E-state index in [1.807, 2.05) is 32.0 Å². The number of pyridine rings is 1. The van der Waals surface area contributed by atoms with Crippen molar-refractivity contribution < 1.29 is 9.47 Å². The second kappa shape index (κ2) is 12.2. The molecule has 2 aromatic carbocycles. The number of hydrogen-bond acceptors (Lipinski definition) is 6. The maximum absolute atomic E-state index is 5.73. The second-order valence-corrected chi connectivity index (χ2v) is 9.51. The predicted octanol–water partition coefficient (Wildman–Crippen LogP) is 4.62. The van der Waals surface area contributed by atoms with E-state index in [4.69, 9.17) is 26.7 Å². The lowest BCUT2D eigenvalue weighted by atomic mass is 10.1. The fourth-order valence-corrected chi connectivity index (χ4v) is 4.62. The highest BCUT2D eigenvalue weighted by molar-refractivity contribution is 7.80. The van der Waals surface area contributed by atoms with Gasteiger partial charge in [0.2, 0.25) is 0 Å². The highest BCUT2D eigenvalue weighted by atomic mass is 32.1. The van der Waals surface area contributed by atoms with Gasteiger partial charge in [0.05, 0.1) is 18.7 Å². The molecule has 0 atom stereocenters. The zero-order chi connectivity index (χ0) is 25.5. The molecule has 7 nitrogen and oxygen atoms in total. The number of benzene rings is 2. The van der Waals surface area contributed by atoms with Crippen LogP contribution in [0.1, 0.15) is 25.0 Å². The average molecular weight is 508 g/mol. The van der Waals surface area contributed by atoms with Crippen LogP contribution in [0.2, 0.25) is 0 Å². The lowest BCUT2D eigenvalue weighted by molar-refractivity contribution is 0.287. The number of anilines is 2. The van der Waals surface area contributed by atoms with Crippen molar-refractivity contribution in [3.63, 3.8) is 0 Å². The first-order valence-corrected chi connectivity index (χ1v) is 13.2. The number of fused-ring (bicyclic) bond motifs is 1. The van der Waals surface area contributed by atoms with Crippen molar-refractivity contribution in [2.75, 3.05) is 63.2 Å². The van der Waals surface area contributed by atoms with E-state index in [0.29, 0.717) is 24.9 Å². The lowest BCUT2D eigenvalue weighted by Gasteiger charge is -2.33. The molecule has 1 aliphatic heterocycles. The Balaban J connectivity index is 1.34. The first-order chi connectivity index (χ1) is 17.5. The van der Waals surface area contributed by atoms with Crippen LogP contribution in [0.15, 0.2) is 42.5 Å². The van der Waals surface area contributed by atoms with E-state index < -0.39 is 0 Å². The molecule has 0 bridgehead atoms. The van der Waals surface area contributed by atoms with Crippen molar-refractivity contribution in [3.05, 3.63) is 53.6 Å². The van der Waals surface area contributed by atoms with Gasteiger partial charge in [-0.05, 0) is 94.0 Å². The summed E-state index contributed by atoms with van der Waals surface area (Å²) in [6, 6.07) is 14.5. The Morgan fingerprint density at radius 1 is 0.972 bits per heavy atom. The SMILES string of the molecule is CCOc1ccc(CCNC(=S)Nc2ccc3nc(N4CCN(C)CC4)cc(C)c3c2)cc1OCC. The van der Waals surface area contributed by atoms with Gasteiger partial charge in [0.1, 0.15) is 5.82 Å². The summed E-state index contributed by atoms with van der Waals surface area (Å²) in [6.07, 6.45) is 0.824. The van der Waals surface area contributed by atoms with E-state index in [-0.39, 0.29) is 0 Å². The number of aromatic nitrogens is 1. The number of rotatable bonds is 9. The Morgan fingerprint density at radius 2 is 1.72 bits per heavy atom. The molecular formula is C28H37N5O2S. The van der Waals surface area contributed by atoms with Crippen molar-refractivity contribution in [2.45, 2.75) is 27.2 Å². The number of nitrogens with zero attached hydrogens (tertiary/aromatic N) is 3. The number of hydrogen-bond donors (Lipinski definition) is 2. The molecule has 0 spiro atoms. The molecule has 0 radical (unpaired) electrons. The molecule has 4 rings (SSSR count). The first-order valence-electron chi connectivity index (χ1n) is 12.7. The molecular weight excluding hydrogens is 470 g/mol. The summed E-state index contributed by atoms with van der Waals surface area (Å²) in [5.74, 6) is 2.63. The monoisotopic (exact) mass is 507 g/mol. The van der Waals surface area contributed by atoms with Gasteiger partial charge < -0.3 is 29.9 Å². The molecule has 2 heterocycles. The minimum absolute atomic E-state index is 0.602. The van der Waals surface area contributed by atoms with Crippen LogP contribution in [-0.2, 0) is 6.42 Å². The maximum atomic E-state index is 5.73. The topological polar surface area (TPSA) is 61.9 Å². The Labute approximate surface area is 219 Å². The minimum atomic E-state index is 0.602. The van der Waals surface area contributed by atoms with E-state index in [9.17, 15) is 0 Å². The molecule has 192 valence electrons. The summed E-state index contributed by atoms with van der Waals surface area (Å²) in [5.41, 5.74) is 4.35. The Hall–Kier alpha value is -3.10. The number of aryl methyl sites for hydroxylation is 1. The highest BCUT2D eigenvalue weighted by Gasteiger charge is 2.16. The summed E-state index contributed by atoms with van der Waals surface area (Å²) in [5, 5.41) is 8.37. The Morgan fingerprint density at radius 3 is 2.47 bits per heavy atom. The fourth-order valence-electron chi connectivity index (χ4n) is 4.40. The number of likely N-dealkylation sites (N-methyl/N-ethyl adjacent to an activating group) is 1. The molecule has 0 unspecified atom stereocenters. The van der Waals surface area contributed by atoms with E-state index in [0.717, 1.165) is 66.5 Å². The average Bonchev–Trinajstić information content (AvgIpc) is 2.86. The number of thiocarbonyl (C=S) groups is 1. The van der Waals surface area contributed by atoms with Crippen LogP contribution < -0.4 is 25.0 Å². The smallest absolute Gasteiger partial charge is 0.170 e. The van der Waals surface area contributed by atoms with Crippen molar-refractivity contribution in [2.24, 2.45) is 0 Å². The van der Waals surface area contributed by atoms with Gasteiger partial charge in [-0.1, -0.05) is 6.07 Å². The largest absolute Gasteiger partial charge is 0.490 e. The molecule has 0 amide bonds. The molecule has 1 aliphatic rings. The normalized spacial score (nSPS) is 14.1. The van der Waals surface area contributed by atoms with Gasteiger partial charge in [0.25, 0.3) is 0 Å². The van der Waals surface area contributed by atoms with E-state index in [2.05, 4.69) is 58.7 Å². The molecule has 1 aromatic heterocycles. The predicted molar refractivity (Wildman–Crippen MR) is 153 cm³/mol. The third-order valence-corrected chi connectivity index (χ3v) is 6.64. The lowest BCUT2D eigenvalue weighted by Crippen LogP contribution is -2.44. The molecule has 0 aliphatic carbocycles. The molecule has 8 heteroatoms. The molecule has 36 heavy (non-hydrogen) atoms. The van der Waals surface area contributed by atoms with E-state index in [1.54, 1.807) is 0 Å². The standard InChI is InChI=1S/C28H37N5O2S/c1-5-34-25-10-7-21(18-26(25)35-6-2)11-12-29-28(36)30-22-8-9-24-23(19-22)20(3)17-27(31-24)33-15-13-32(4)14-16-33/h7-10,17-19H,5-6,11-16H2,1-4H3,(H2,29,30,36). The first kappa shape index (κ1) is 26.0. The van der Waals surface area contributed by atoms with Gasteiger partial charge in [-0.25, -0.2) is 4.98 Å². The van der Waals surface area contributed by atoms with Crippen molar-refractivity contribution in [1.29, 1.82) is 0 Å². The van der Waals surface area contributed by atoms with Gasteiger partial charge in [-0.3, -0.25) is 0 Å². The maximum Gasteiger partial charge on any atom is 0.170 e. The third kappa shape index (κ3) is 6.56. The molecule has 2 N–H and O–H groups in total. The van der Waals surface area contributed by atoms with Crippen LogP contribution in [0.25, 0.3) is 10.9 Å². The zero-order valence-electron chi connectivity index (χ0n) is 21.8. The van der Waals surface area contributed by atoms with Crippen LogP contribution in [0.3, 0.4) is 0 Å². The van der Waals surface area contributed by atoms with Crippen LogP contribution in [-0.4, -0.2) is 68.0 Å². The molecule has 1 fully saturated rings. The van der Waals surface area contributed by atoms with Gasteiger partial charge in [0.15, 0.2) is 16.6 Å². The Kier molecular flexibility index (Phi) is 8.83. The highest BCUT2D eigenvalue weighted by Crippen LogP contribution is 2.29. The van der Waals surface area contributed by atoms with Crippen LogP contribution in [0.4, 0.5) is 11.5 Å². The van der Waals surface area contributed by atoms with Crippen LogP contribution in [0, 0.1) is 6.92 Å². The zero-order valence-corrected chi connectivity index (χ0v) is 22.6. The molecule has 3 aromatic rings. The van der Waals surface area contributed by atoms with Crippen molar-refractivity contribution in [1.82, 2.24) is 15.2 Å². The minimum Gasteiger partial charge on any atom is -0.490 e. The van der Waals surface area contributed by atoms with E-state index in [1.165, 1.54) is 11.1 Å². The van der Waals surface area contributed by atoms with Crippen molar-refractivity contribution >= 4 is 39.7 Å². The number of piperazine rings is 1. The van der Waals surface area contributed by atoms with Gasteiger partial charge in [-0.2, -0.15) is 0 Å². The van der Waals surface area contributed by atoms with E-state index >= 15 is 0 Å². The summed E-state index contributed by atoms with van der Waals surface area (Å²) in [7, 11) is 2.17. The summed E-state index contributed by atoms with van der Waals surface area (Å²) in [4.78, 5) is 9.67. The van der Waals surface area contributed by atoms with Gasteiger partial charge >= 0.3 is 0 Å². The second-order valence-electron chi connectivity index (χ2n) is 9.10. The number of ether oxygens (including phenoxy) is 2. The summed E-state index contributed by atoms with van der Waals surface area (Å²) >= 11 is 5.55. The number of nitrogens with one attached hydrogen (secondary N) is 2. The quantitative estimate of drug-likeness (QED) is 0.407. The van der Waals surface area contributed by atoms with Gasteiger partial charge in [-0.15, -0.1) is 0 Å². The summed E-state index contributed by atoms with van der Waals surface area (Å²) < 4.78 is 11.4.